The standard InChI is InChI=1S/C15H23Cl2NO/c1-15(2,3)18-9-5-4-6-10-19-12-7-8-13(16)14(17)11-12/h7-8,11,18H,4-6,9-10H2,1-3H3. The lowest BCUT2D eigenvalue weighted by atomic mass is 10.1. The number of unbranched alkanes of at least 4 members (excludes halogenated alkanes) is 2. The predicted octanol–water partition coefficient (Wildman–Crippen LogP) is 4.93. The molecular formula is C15H23Cl2NO. The zero-order valence-electron chi connectivity index (χ0n) is 11.9. The van der Waals surface area contributed by atoms with E-state index in [1.165, 1.54) is 6.42 Å². The lowest BCUT2D eigenvalue weighted by Gasteiger charge is -2.20. The first-order valence-corrected chi connectivity index (χ1v) is 7.47. The minimum atomic E-state index is 0.205. The molecule has 0 radical (unpaired) electrons. The highest BCUT2D eigenvalue weighted by molar-refractivity contribution is 6.42. The van der Waals surface area contributed by atoms with Crippen molar-refractivity contribution >= 4 is 23.2 Å². The molecule has 108 valence electrons. The van der Waals surface area contributed by atoms with E-state index >= 15 is 0 Å². The van der Waals surface area contributed by atoms with Crippen molar-refractivity contribution in [3.63, 3.8) is 0 Å². The van der Waals surface area contributed by atoms with Crippen LogP contribution in [0.2, 0.25) is 10.0 Å². The van der Waals surface area contributed by atoms with Gasteiger partial charge in [0.15, 0.2) is 0 Å². The molecule has 0 unspecified atom stereocenters. The molecule has 19 heavy (non-hydrogen) atoms. The van der Waals surface area contributed by atoms with Gasteiger partial charge < -0.3 is 10.1 Å². The fraction of sp³-hybridized carbons (Fsp3) is 0.600. The van der Waals surface area contributed by atoms with Crippen LogP contribution < -0.4 is 10.1 Å². The number of hydrogen-bond donors (Lipinski definition) is 1. The second kappa shape index (κ2) is 7.98. The minimum Gasteiger partial charge on any atom is -0.494 e. The van der Waals surface area contributed by atoms with Crippen LogP contribution in [0, 0.1) is 0 Å². The zero-order chi connectivity index (χ0) is 14.3. The molecule has 4 heteroatoms. The molecule has 0 bridgehead atoms. The van der Waals surface area contributed by atoms with Crippen LogP contribution in [0.1, 0.15) is 40.0 Å². The van der Waals surface area contributed by atoms with Gasteiger partial charge >= 0.3 is 0 Å². The van der Waals surface area contributed by atoms with Gasteiger partial charge in [0, 0.05) is 11.6 Å². The van der Waals surface area contributed by atoms with Crippen molar-refractivity contribution in [2.24, 2.45) is 0 Å². The number of hydrogen-bond acceptors (Lipinski definition) is 2. The maximum Gasteiger partial charge on any atom is 0.120 e. The van der Waals surface area contributed by atoms with E-state index in [1.807, 2.05) is 6.07 Å². The molecule has 0 fully saturated rings. The molecule has 0 atom stereocenters. The molecule has 1 N–H and O–H groups in total. The van der Waals surface area contributed by atoms with Gasteiger partial charge in [-0.2, -0.15) is 0 Å². The summed E-state index contributed by atoms with van der Waals surface area (Å²) in [6, 6.07) is 5.35. The first-order valence-electron chi connectivity index (χ1n) is 6.71. The van der Waals surface area contributed by atoms with Gasteiger partial charge in [0.05, 0.1) is 16.7 Å². The smallest absolute Gasteiger partial charge is 0.120 e. The van der Waals surface area contributed by atoms with Gasteiger partial charge in [-0.15, -0.1) is 0 Å². The predicted molar refractivity (Wildman–Crippen MR) is 83.6 cm³/mol. The molecule has 0 saturated heterocycles. The van der Waals surface area contributed by atoms with Gasteiger partial charge in [0.1, 0.15) is 5.75 Å². The minimum absolute atomic E-state index is 0.205. The molecule has 0 heterocycles. The molecule has 2 nitrogen and oxygen atoms in total. The van der Waals surface area contributed by atoms with Crippen molar-refractivity contribution in [1.29, 1.82) is 0 Å². The van der Waals surface area contributed by atoms with E-state index in [-0.39, 0.29) is 5.54 Å². The Morgan fingerprint density at radius 2 is 1.79 bits per heavy atom. The van der Waals surface area contributed by atoms with Gasteiger partial charge in [-0.25, -0.2) is 0 Å². The van der Waals surface area contributed by atoms with Gasteiger partial charge in [-0.3, -0.25) is 0 Å². The summed E-state index contributed by atoms with van der Waals surface area (Å²) in [5, 5.41) is 4.56. The Balaban J connectivity index is 2.09. The fourth-order valence-electron chi connectivity index (χ4n) is 1.62. The number of halogens is 2. The quantitative estimate of drug-likeness (QED) is 0.721. The Bertz CT molecular complexity index is 388. The molecule has 0 amide bonds. The molecule has 0 aliphatic rings. The number of rotatable bonds is 7. The molecule has 1 aromatic carbocycles. The Morgan fingerprint density at radius 1 is 1.05 bits per heavy atom. The van der Waals surface area contributed by atoms with Gasteiger partial charge in [-0.05, 0) is 58.7 Å². The molecule has 0 aliphatic heterocycles. The summed E-state index contributed by atoms with van der Waals surface area (Å²) >= 11 is 11.8. The average molecular weight is 304 g/mol. The first kappa shape index (κ1) is 16.6. The highest BCUT2D eigenvalue weighted by Gasteiger charge is 2.06. The maximum atomic E-state index is 5.92. The number of benzene rings is 1. The third-order valence-corrected chi connectivity index (χ3v) is 3.38. The summed E-state index contributed by atoms with van der Waals surface area (Å²) in [6.07, 6.45) is 3.37. The highest BCUT2D eigenvalue weighted by atomic mass is 35.5. The van der Waals surface area contributed by atoms with Crippen LogP contribution in [0.15, 0.2) is 18.2 Å². The van der Waals surface area contributed by atoms with Crippen LogP contribution in [-0.2, 0) is 0 Å². The Hall–Kier alpha value is -0.440. The van der Waals surface area contributed by atoms with Crippen molar-refractivity contribution in [3.05, 3.63) is 28.2 Å². The maximum absolute atomic E-state index is 5.92. The average Bonchev–Trinajstić information content (AvgIpc) is 2.31. The van der Waals surface area contributed by atoms with Gasteiger partial charge in [-0.1, -0.05) is 23.2 Å². The highest BCUT2D eigenvalue weighted by Crippen LogP contribution is 2.26. The molecule has 0 aromatic heterocycles. The van der Waals surface area contributed by atoms with Crippen molar-refractivity contribution in [1.82, 2.24) is 5.32 Å². The van der Waals surface area contributed by atoms with E-state index in [2.05, 4.69) is 26.1 Å². The zero-order valence-corrected chi connectivity index (χ0v) is 13.4. The second-order valence-electron chi connectivity index (χ2n) is 5.66. The summed E-state index contributed by atoms with van der Waals surface area (Å²) in [4.78, 5) is 0. The van der Waals surface area contributed by atoms with Crippen molar-refractivity contribution < 1.29 is 4.74 Å². The van der Waals surface area contributed by atoms with Crippen molar-refractivity contribution in [2.75, 3.05) is 13.2 Å². The van der Waals surface area contributed by atoms with E-state index in [4.69, 9.17) is 27.9 Å². The van der Waals surface area contributed by atoms with E-state index in [0.717, 1.165) is 25.1 Å². The van der Waals surface area contributed by atoms with E-state index < -0.39 is 0 Å². The summed E-state index contributed by atoms with van der Waals surface area (Å²) < 4.78 is 5.63. The Labute approximate surface area is 126 Å². The lowest BCUT2D eigenvalue weighted by Crippen LogP contribution is -2.36. The third kappa shape index (κ3) is 7.66. The Kier molecular flexibility index (Phi) is 6.98. The largest absolute Gasteiger partial charge is 0.494 e. The molecule has 1 rings (SSSR count). The molecule has 0 spiro atoms. The molecule has 0 saturated carbocycles. The van der Waals surface area contributed by atoms with Crippen molar-refractivity contribution in [3.8, 4) is 5.75 Å². The van der Waals surface area contributed by atoms with Gasteiger partial charge in [0.2, 0.25) is 0 Å². The molecular weight excluding hydrogens is 281 g/mol. The molecule has 0 aliphatic carbocycles. The van der Waals surface area contributed by atoms with Crippen LogP contribution >= 0.6 is 23.2 Å². The summed E-state index contributed by atoms with van der Waals surface area (Å²) in [7, 11) is 0. The SMILES string of the molecule is CC(C)(C)NCCCCCOc1ccc(Cl)c(Cl)c1. The monoisotopic (exact) mass is 303 g/mol. The van der Waals surface area contributed by atoms with Crippen LogP contribution in [0.25, 0.3) is 0 Å². The summed E-state index contributed by atoms with van der Waals surface area (Å²) in [6.45, 7) is 8.31. The van der Waals surface area contributed by atoms with Crippen LogP contribution in [0.5, 0.6) is 5.75 Å². The van der Waals surface area contributed by atoms with E-state index in [0.29, 0.717) is 16.7 Å². The van der Waals surface area contributed by atoms with E-state index in [9.17, 15) is 0 Å². The van der Waals surface area contributed by atoms with E-state index in [1.54, 1.807) is 12.1 Å². The fourth-order valence-corrected chi connectivity index (χ4v) is 1.91. The van der Waals surface area contributed by atoms with Crippen LogP contribution in [-0.4, -0.2) is 18.7 Å². The normalized spacial score (nSPS) is 11.6. The summed E-state index contributed by atoms with van der Waals surface area (Å²) in [5.41, 5.74) is 0.205. The second-order valence-corrected chi connectivity index (χ2v) is 6.48. The topological polar surface area (TPSA) is 21.3 Å². The number of ether oxygens (including phenoxy) is 1. The Morgan fingerprint density at radius 3 is 2.42 bits per heavy atom. The first-order chi connectivity index (χ1) is 8.88. The van der Waals surface area contributed by atoms with Crippen LogP contribution in [0.4, 0.5) is 0 Å². The van der Waals surface area contributed by atoms with Gasteiger partial charge in [0.25, 0.3) is 0 Å². The number of nitrogens with one attached hydrogen (secondary N) is 1. The third-order valence-electron chi connectivity index (χ3n) is 2.64. The van der Waals surface area contributed by atoms with Crippen LogP contribution in [0.3, 0.4) is 0 Å². The molecule has 1 aromatic rings. The lowest BCUT2D eigenvalue weighted by molar-refractivity contribution is 0.303. The summed E-state index contributed by atoms with van der Waals surface area (Å²) in [5.74, 6) is 0.780. The van der Waals surface area contributed by atoms with Crippen molar-refractivity contribution in [2.45, 2.75) is 45.6 Å².